The zero-order valence-electron chi connectivity index (χ0n) is 18.2. The maximum atomic E-state index is 13.7. The highest BCUT2D eigenvalue weighted by molar-refractivity contribution is 6.09. The van der Waals surface area contributed by atoms with Gasteiger partial charge in [-0.1, -0.05) is 12.8 Å². The molecular formula is C24H30F3N3O. The van der Waals surface area contributed by atoms with Crippen molar-refractivity contribution in [3.63, 3.8) is 0 Å². The molecule has 1 aliphatic rings. The molecule has 0 amide bonds. The van der Waals surface area contributed by atoms with E-state index in [1.54, 1.807) is 6.07 Å². The van der Waals surface area contributed by atoms with Crippen LogP contribution in [0.5, 0.6) is 0 Å². The van der Waals surface area contributed by atoms with E-state index in [9.17, 15) is 18.0 Å². The second-order valence-corrected chi connectivity index (χ2v) is 8.75. The first-order valence-electron chi connectivity index (χ1n) is 11.2. The number of aromatic nitrogens is 2. The van der Waals surface area contributed by atoms with Crippen molar-refractivity contribution >= 4 is 21.8 Å². The van der Waals surface area contributed by atoms with Crippen LogP contribution in [0.2, 0.25) is 0 Å². The van der Waals surface area contributed by atoms with Crippen LogP contribution in [-0.4, -0.2) is 34.1 Å². The van der Waals surface area contributed by atoms with Gasteiger partial charge in [0.15, 0.2) is 0 Å². The minimum atomic E-state index is -4.58. The Kier molecular flexibility index (Phi) is 6.15. The summed E-state index contributed by atoms with van der Waals surface area (Å²) < 4.78 is 43.3. The van der Waals surface area contributed by atoms with Crippen molar-refractivity contribution < 1.29 is 13.2 Å². The van der Waals surface area contributed by atoms with Gasteiger partial charge in [-0.15, -0.1) is 0 Å². The smallest absolute Gasteiger partial charge is 0.345 e. The topological polar surface area (TPSA) is 41.0 Å². The molecule has 31 heavy (non-hydrogen) atoms. The van der Waals surface area contributed by atoms with Crippen LogP contribution in [0.3, 0.4) is 0 Å². The van der Waals surface area contributed by atoms with Gasteiger partial charge in [0.25, 0.3) is 0 Å². The molecule has 0 atom stereocenters. The minimum absolute atomic E-state index is 0.0922. The Balaban J connectivity index is 1.58. The number of likely N-dealkylation sites (tertiary alicyclic amines) is 1. The maximum Gasteiger partial charge on any atom is 0.417 e. The van der Waals surface area contributed by atoms with E-state index in [-0.39, 0.29) is 10.9 Å². The van der Waals surface area contributed by atoms with E-state index in [0.717, 1.165) is 36.2 Å². The third-order valence-corrected chi connectivity index (χ3v) is 6.71. The number of nitrogens with zero attached hydrogens (tertiary/aromatic N) is 2. The van der Waals surface area contributed by atoms with Gasteiger partial charge < -0.3 is 14.5 Å². The predicted molar refractivity (Wildman–Crippen MR) is 119 cm³/mol. The molecule has 0 aliphatic carbocycles. The first kappa shape index (κ1) is 21.9. The van der Waals surface area contributed by atoms with Crippen molar-refractivity contribution in [2.24, 2.45) is 0 Å². The Morgan fingerprint density at radius 1 is 0.968 bits per heavy atom. The average Bonchev–Trinajstić information content (AvgIpc) is 3.31. The summed E-state index contributed by atoms with van der Waals surface area (Å²) in [5.74, 6) is 0. The number of hydrogen-bond acceptors (Lipinski definition) is 2. The molecule has 168 valence electrons. The highest BCUT2D eigenvalue weighted by Gasteiger charge is 2.34. The normalized spacial score (nSPS) is 15.5. The van der Waals surface area contributed by atoms with E-state index < -0.39 is 17.3 Å². The molecule has 1 N–H and O–H groups in total. The van der Waals surface area contributed by atoms with Crippen molar-refractivity contribution in [2.75, 3.05) is 19.6 Å². The van der Waals surface area contributed by atoms with Crippen LogP contribution in [0.1, 0.15) is 55.3 Å². The minimum Gasteiger partial charge on any atom is -0.345 e. The predicted octanol–water partition coefficient (Wildman–Crippen LogP) is 5.77. The summed E-state index contributed by atoms with van der Waals surface area (Å²) in [6.07, 6.45) is 2.54. The van der Waals surface area contributed by atoms with Crippen molar-refractivity contribution in [1.29, 1.82) is 0 Å². The molecule has 0 bridgehead atoms. The van der Waals surface area contributed by atoms with Crippen molar-refractivity contribution in [2.45, 2.75) is 65.1 Å². The third-order valence-electron chi connectivity index (χ3n) is 6.71. The fourth-order valence-electron chi connectivity index (χ4n) is 4.99. The standard InChI is InChI=1S/C24H30F3N3O/c1-16-17(2)30(14-6-4-3-5-11-29-12-7-8-13-29)20-10-9-19-23(22(16)20)18(24(25,26)27)15-21(31)28-19/h9-10,15H,3-8,11-14H2,1-2H3,(H,28,31). The highest BCUT2D eigenvalue weighted by Crippen LogP contribution is 2.39. The molecular weight excluding hydrogens is 403 g/mol. The maximum absolute atomic E-state index is 13.7. The zero-order chi connectivity index (χ0) is 22.2. The number of rotatable bonds is 7. The largest absolute Gasteiger partial charge is 0.417 e. The van der Waals surface area contributed by atoms with Crippen LogP contribution in [-0.2, 0) is 12.7 Å². The Labute approximate surface area is 180 Å². The average molecular weight is 434 g/mol. The molecule has 0 spiro atoms. The van der Waals surface area contributed by atoms with Crippen molar-refractivity contribution in [1.82, 2.24) is 14.5 Å². The number of halogens is 3. The van der Waals surface area contributed by atoms with Crippen LogP contribution < -0.4 is 5.56 Å². The number of unbranched alkanes of at least 4 members (excludes halogenated alkanes) is 3. The first-order valence-corrected chi connectivity index (χ1v) is 11.2. The van der Waals surface area contributed by atoms with Gasteiger partial charge in [-0.3, -0.25) is 4.79 Å². The van der Waals surface area contributed by atoms with Gasteiger partial charge in [0.05, 0.1) is 5.56 Å². The van der Waals surface area contributed by atoms with Crippen LogP contribution in [0.4, 0.5) is 13.2 Å². The third kappa shape index (κ3) is 4.38. The van der Waals surface area contributed by atoms with Gasteiger partial charge >= 0.3 is 6.18 Å². The van der Waals surface area contributed by atoms with Gasteiger partial charge in [-0.2, -0.15) is 13.2 Å². The summed E-state index contributed by atoms with van der Waals surface area (Å²) in [6, 6.07) is 4.11. The molecule has 1 saturated heterocycles. The van der Waals surface area contributed by atoms with Gasteiger partial charge in [0.2, 0.25) is 5.56 Å². The molecule has 0 unspecified atom stereocenters. The number of aryl methyl sites for hydroxylation is 2. The number of benzene rings is 1. The number of nitrogens with one attached hydrogen (secondary N) is 1. The Morgan fingerprint density at radius 2 is 1.65 bits per heavy atom. The lowest BCUT2D eigenvalue weighted by Gasteiger charge is -2.14. The van der Waals surface area contributed by atoms with Crippen LogP contribution >= 0.6 is 0 Å². The number of H-pyrrole nitrogens is 1. The monoisotopic (exact) mass is 433 g/mol. The van der Waals surface area contributed by atoms with E-state index in [4.69, 9.17) is 0 Å². The quantitative estimate of drug-likeness (QED) is 0.480. The van der Waals surface area contributed by atoms with Gasteiger partial charge in [0, 0.05) is 40.1 Å². The Bertz CT molecular complexity index is 1140. The number of aromatic amines is 1. The summed E-state index contributed by atoms with van der Waals surface area (Å²) in [5, 5.41) is 0.683. The second-order valence-electron chi connectivity index (χ2n) is 8.75. The lowest BCUT2D eigenvalue weighted by Crippen LogP contribution is -2.20. The van der Waals surface area contributed by atoms with E-state index in [1.807, 2.05) is 19.9 Å². The van der Waals surface area contributed by atoms with Gasteiger partial charge in [-0.05, 0) is 76.9 Å². The molecule has 1 aromatic carbocycles. The van der Waals surface area contributed by atoms with Crippen LogP contribution in [0.25, 0.3) is 21.8 Å². The van der Waals surface area contributed by atoms with Crippen LogP contribution in [0, 0.1) is 13.8 Å². The van der Waals surface area contributed by atoms with E-state index in [2.05, 4.69) is 14.5 Å². The van der Waals surface area contributed by atoms with E-state index in [1.165, 1.54) is 45.3 Å². The Hall–Kier alpha value is -2.28. The molecule has 7 heteroatoms. The van der Waals surface area contributed by atoms with Crippen molar-refractivity contribution in [3.05, 3.63) is 45.4 Å². The van der Waals surface area contributed by atoms with Gasteiger partial charge in [-0.25, -0.2) is 0 Å². The lowest BCUT2D eigenvalue weighted by atomic mass is 10.0. The molecule has 4 rings (SSSR count). The first-order chi connectivity index (χ1) is 14.8. The molecule has 4 nitrogen and oxygen atoms in total. The van der Waals surface area contributed by atoms with Crippen LogP contribution in [0.15, 0.2) is 23.0 Å². The van der Waals surface area contributed by atoms with E-state index in [0.29, 0.717) is 11.5 Å². The SMILES string of the molecule is Cc1c(C)n(CCCCCCN2CCCC2)c2ccc3[nH]c(=O)cc(C(F)(F)F)c3c12. The summed E-state index contributed by atoms with van der Waals surface area (Å²) in [5.41, 5.74) is 1.26. The molecule has 2 aromatic heterocycles. The molecule has 3 heterocycles. The molecule has 0 radical (unpaired) electrons. The number of fused-ring (bicyclic) bond motifs is 3. The Morgan fingerprint density at radius 3 is 2.32 bits per heavy atom. The summed E-state index contributed by atoms with van der Waals surface area (Å²) >= 11 is 0. The molecule has 3 aromatic rings. The summed E-state index contributed by atoms with van der Waals surface area (Å²) in [4.78, 5) is 16.9. The van der Waals surface area contributed by atoms with Gasteiger partial charge in [0.1, 0.15) is 0 Å². The number of pyridine rings is 1. The highest BCUT2D eigenvalue weighted by atomic mass is 19.4. The lowest BCUT2D eigenvalue weighted by molar-refractivity contribution is -0.136. The van der Waals surface area contributed by atoms with E-state index >= 15 is 0 Å². The fourth-order valence-corrected chi connectivity index (χ4v) is 4.99. The molecule has 1 fully saturated rings. The summed E-state index contributed by atoms with van der Waals surface area (Å²) in [6.45, 7) is 8.26. The fraction of sp³-hybridized carbons (Fsp3) is 0.542. The molecule has 0 saturated carbocycles. The second kappa shape index (κ2) is 8.69. The number of alkyl halides is 3. The zero-order valence-corrected chi connectivity index (χ0v) is 18.2. The van der Waals surface area contributed by atoms with Crippen molar-refractivity contribution in [3.8, 4) is 0 Å². The number of hydrogen-bond donors (Lipinski definition) is 1. The summed E-state index contributed by atoms with van der Waals surface area (Å²) in [7, 11) is 0. The molecule has 1 aliphatic heterocycles.